The number of hydrogen-bond donors (Lipinski definition) is 2. The van der Waals surface area contributed by atoms with Gasteiger partial charge in [-0.2, -0.15) is 0 Å². The van der Waals surface area contributed by atoms with E-state index in [1.54, 1.807) is 0 Å². The lowest BCUT2D eigenvalue weighted by Gasteiger charge is -2.19. The van der Waals surface area contributed by atoms with Crippen LogP contribution in [0.1, 0.15) is 32.2 Å². The zero-order valence-electron chi connectivity index (χ0n) is 13.1. The van der Waals surface area contributed by atoms with Crippen LogP contribution in [-0.2, 0) is 5.41 Å². The third-order valence-electron chi connectivity index (χ3n) is 3.11. The first-order valence-corrected chi connectivity index (χ1v) is 7.70. The number of nitrogens with zero attached hydrogens (tertiary/aromatic N) is 2. The fourth-order valence-corrected chi connectivity index (χ4v) is 2.22. The molecule has 1 aromatic heterocycles. The van der Waals surface area contributed by atoms with Crippen molar-refractivity contribution in [3.8, 4) is 0 Å². The fraction of sp³-hybridized carbons (Fsp3) is 0.375. The summed E-state index contributed by atoms with van der Waals surface area (Å²) in [6, 6.07) is 8.02. The van der Waals surface area contributed by atoms with Crippen molar-refractivity contribution in [2.75, 3.05) is 17.7 Å². The molecule has 0 aliphatic heterocycles. The van der Waals surface area contributed by atoms with E-state index in [0.717, 1.165) is 27.6 Å². The molecule has 4 nitrogen and oxygen atoms in total. The van der Waals surface area contributed by atoms with Crippen LogP contribution >= 0.6 is 15.9 Å². The number of aryl methyl sites for hydroxylation is 1. The number of benzene rings is 1. The Morgan fingerprint density at radius 3 is 2.38 bits per heavy atom. The summed E-state index contributed by atoms with van der Waals surface area (Å²) in [6.45, 7) is 8.38. The van der Waals surface area contributed by atoms with E-state index >= 15 is 0 Å². The van der Waals surface area contributed by atoms with Gasteiger partial charge in [-0.1, -0.05) is 32.9 Å². The molecule has 0 fully saturated rings. The molecule has 1 aromatic carbocycles. The predicted octanol–water partition coefficient (Wildman–Crippen LogP) is 4.63. The van der Waals surface area contributed by atoms with Crippen LogP contribution in [0.3, 0.4) is 0 Å². The maximum atomic E-state index is 4.64. The molecule has 0 saturated carbocycles. The molecule has 0 aliphatic rings. The van der Waals surface area contributed by atoms with Gasteiger partial charge in [-0.25, -0.2) is 9.97 Å². The highest BCUT2D eigenvalue weighted by molar-refractivity contribution is 9.10. The third kappa shape index (κ3) is 3.73. The predicted molar refractivity (Wildman–Crippen MR) is 92.4 cm³/mol. The highest BCUT2D eigenvalue weighted by atomic mass is 79.9. The lowest BCUT2D eigenvalue weighted by atomic mass is 9.96. The van der Waals surface area contributed by atoms with Crippen molar-refractivity contribution < 1.29 is 0 Å². The third-order valence-corrected chi connectivity index (χ3v) is 4.16. The lowest BCUT2D eigenvalue weighted by Crippen LogP contribution is -2.17. The van der Waals surface area contributed by atoms with E-state index in [-0.39, 0.29) is 5.41 Å². The number of halogens is 1. The molecule has 1 heterocycles. The zero-order chi connectivity index (χ0) is 15.6. The number of anilines is 3. The smallest absolute Gasteiger partial charge is 0.138 e. The second-order valence-corrected chi connectivity index (χ2v) is 6.82. The Morgan fingerprint density at radius 2 is 1.76 bits per heavy atom. The summed E-state index contributed by atoms with van der Waals surface area (Å²) in [5.74, 6) is 2.40. The van der Waals surface area contributed by atoms with Gasteiger partial charge < -0.3 is 10.6 Å². The van der Waals surface area contributed by atoms with Crippen LogP contribution in [0.2, 0.25) is 0 Å². The normalized spacial score (nSPS) is 11.3. The largest absolute Gasteiger partial charge is 0.373 e. The van der Waals surface area contributed by atoms with Gasteiger partial charge in [-0.15, -0.1) is 0 Å². The molecule has 2 N–H and O–H groups in total. The quantitative estimate of drug-likeness (QED) is 0.848. The Labute approximate surface area is 134 Å². The van der Waals surface area contributed by atoms with Gasteiger partial charge in [0, 0.05) is 23.0 Å². The van der Waals surface area contributed by atoms with Crippen molar-refractivity contribution in [1.82, 2.24) is 9.97 Å². The van der Waals surface area contributed by atoms with Crippen molar-refractivity contribution >= 4 is 33.3 Å². The van der Waals surface area contributed by atoms with E-state index in [1.165, 1.54) is 5.56 Å². The summed E-state index contributed by atoms with van der Waals surface area (Å²) in [7, 11) is 1.86. The molecule has 21 heavy (non-hydrogen) atoms. The lowest BCUT2D eigenvalue weighted by molar-refractivity contribution is 0.547. The first-order valence-electron chi connectivity index (χ1n) is 6.90. The van der Waals surface area contributed by atoms with Gasteiger partial charge in [0.25, 0.3) is 0 Å². The summed E-state index contributed by atoms with van der Waals surface area (Å²) in [5.41, 5.74) is 2.07. The zero-order valence-corrected chi connectivity index (χ0v) is 14.7. The fourth-order valence-electron chi connectivity index (χ4n) is 1.86. The van der Waals surface area contributed by atoms with Gasteiger partial charge in [-0.3, -0.25) is 0 Å². The van der Waals surface area contributed by atoms with Crippen LogP contribution in [0.25, 0.3) is 0 Å². The minimum atomic E-state index is -0.104. The van der Waals surface area contributed by atoms with E-state index < -0.39 is 0 Å². The Hall–Kier alpha value is -1.62. The summed E-state index contributed by atoms with van der Waals surface area (Å²) < 4.78 is 1.05. The Kier molecular flexibility index (Phi) is 4.52. The van der Waals surface area contributed by atoms with Gasteiger partial charge in [0.15, 0.2) is 0 Å². The summed E-state index contributed by atoms with van der Waals surface area (Å²) in [4.78, 5) is 9.17. The number of nitrogens with one attached hydrogen (secondary N) is 2. The van der Waals surface area contributed by atoms with Crippen molar-refractivity contribution in [2.24, 2.45) is 0 Å². The van der Waals surface area contributed by atoms with E-state index in [9.17, 15) is 0 Å². The summed E-state index contributed by atoms with van der Waals surface area (Å²) >= 11 is 3.61. The summed E-state index contributed by atoms with van der Waals surface area (Å²) in [5, 5.41) is 6.45. The molecule has 0 atom stereocenters. The first kappa shape index (κ1) is 15.8. The molecule has 5 heteroatoms. The monoisotopic (exact) mass is 348 g/mol. The molecule has 2 rings (SSSR count). The van der Waals surface area contributed by atoms with E-state index in [2.05, 4.69) is 70.3 Å². The van der Waals surface area contributed by atoms with Crippen molar-refractivity contribution in [3.05, 3.63) is 40.1 Å². The van der Waals surface area contributed by atoms with Gasteiger partial charge in [-0.05, 0) is 34.5 Å². The van der Waals surface area contributed by atoms with E-state index in [1.807, 2.05) is 25.2 Å². The average Bonchev–Trinajstić information content (AvgIpc) is 2.42. The molecular weight excluding hydrogens is 328 g/mol. The van der Waals surface area contributed by atoms with Crippen molar-refractivity contribution in [3.63, 3.8) is 0 Å². The van der Waals surface area contributed by atoms with Gasteiger partial charge in [0.1, 0.15) is 17.5 Å². The minimum Gasteiger partial charge on any atom is -0.373 e. The van der Waals surface area contributed by atoms with Gasteiger partial charge in [0.2, 0.25) is 0 Å². The maximum absolute atomic E-state index is 4.64. The molecular formula is C16H21BrN4. The molecule has 112 valence electrons. The molecule has 0 amide bonds. The van der Waals surface area contributed by atoms with Crippen LogP contribution in [0, 0.1) is 6.92 Å². The highest BCUT2D eigenvalue weighted by Crippen LogP contribution is 2.29. The SMILES string of the molecule is CNc1cc(Nc2cccc(C)c2Br)nc(C(C)(C)C)n1. The molecule has 0 radical (unpaired) electrons. The Bertz CT molecular complexity index is 647. The molecule has 2 aromatic rings. The molecule has 0 spiro atoms. The maximum Gasteiger partial charge on any atom is 0.138 e. The van der Waals surface area contributed by atoms with Crippen LogP contribution in [0.15, 0.2) is 28.7 Å². The minimum absolute atomic E-state index is 0.104. The summed E-state index contributed by atoms with van der Waals surface area (Å²) in [6.07, 6.45) is 0. The molecule has 0 bridgehead atoms. The van der Waals surface area contributed by atoms with E-state index in [0.29, 0.717) is 0 Å². The van der Waals surface area contributed by atoms with Crippen LogP contribution in [0.4, 0.5) is 17.3 Å². The van der Waals surface area contributed by atoms with Crippen LogP contribution < -0.4 is 10.6 Å². The topological polar surface area (TPSA) is 49.8 Å². The number of hydrogen-bond acceptors (Lipinski definition) is 4. The molecule has 0 aliphatic carbocycles. The first-order chi connectivity index (χ1) is 9.81. The van der Waals surface area contributed by atoms with Crippen molar-refractivity contribution in [1.29, 1.82) is 0 Å². The average molecular weight is 349 g/mol. The van der Waals surface area contributed by atoms with E-state index in [4.69, 9.17) is 0 Å². The van der Waals surface area contributed by atoms with Crippen LogP contribution in [-0.4, -0.2) is 17.0 Å². The second kappa shape index (κ2) is 6.02. The highest BCUT2D eigenvalue weighted by Gasteiger charge is 2.19. The standard InChI is InChI=1S/C16H21BrN4/c1-10-7-6-8-11(14(10)17)19-13-9-12(18-5)20-15(21-13)16(2,3)4/h6-9H,1-5H3,(H2,18,19,20,21). The Morgan fingerprint density at radius 1 is 1.10 bits per heavy atom. The second-order valence-electron chi connectivity index (χ2n) is 6.02. The Balaban J connectivity index is 2.42. The van der Waals surface area contributed by atoms with Gasteiger partial charge >= 0.3 is 0 Å². The van der Waals surface area contributed by atoms with Crippen LogP contribution in [0.5, 0.6) is 0 Å². The molecule has 0 saturated heterocycles. The molecule has 0 unspecified atom stereocenters. The van der Waals surface area contributed by atoms with Gasteiger partial charge in [0.05, 0.1) is 5.69 Å². The number of aromatic nitrogens is 2. The van der Waals surface area contributed by atoms with Crippen molar-refractivity contribution in [2.45, 2.75) is 33.1 Å². The number of rotatable bonds is 3.